The standard InChI is InChI=1S/C7H17N.C3H8/c1-7(2,3)5-6-8-4;1-3-2/h8H,5-6H2,1-4H3;3H2,1-2H3. The lowest BCUT2D eigenvalue weighted by Crippen LogP contribution is -2.16. The maximum Gasteiger partial charge on any atom is -0.00469 e. The van der Waals surface area contributed by atoms with Crippen molar-refractivity contribution in [3.05, 3.63) is 0 Å². The predicted molar refractivity (Wildman–Crippen MR) is 54.0 cm³/mol. The summed E-state index contributed by atoms with van der Waals surface area (Å²) in [5.74, 6) is 0. The molecule has 1 nitrogen and oxygen atoms in total. The molecule has 0 aromatic carbocycles. The van der Waals surface area contributed by atoms with Crippen LogP contribution in [0.5, 0.6) is 0 Å². The van der Waals surface area contributed by atoms with E-state index in [1.165, 1.54) is 12.8 Å². The van der Waals surface area contributed by atoms with E-state index in [2.05, 4.69) is 39.9 Å². The van der Waals surface area contributed by atoms with Gasteiger partial charge in [0.2, 0.25) is 0 Å². The van der Waals surface area contributed by atoms with Gasteiger partial charge < -0.3 is 5.32 Å². The van der Waals surface area contributed by atoms with Crippen LogP contribution < -0.4 is 5.32 Å². The number of hydrogen-bond acceptors (Lipinski definition) is 1. The first-order valence-corrected chi connectivity index (χ1v) is 4.62. The lowest BCUT2D eigenvalue weighted by atomic mass is 9.92. The van der Waals surface area contributed by atoms with Crippen LogP contribution in [0.3, 0.4) is 0 Å². The Morgan fingerprint density at radius 3 is 1.55 bits per heavy atom. The lowest BCUT2D eigenvalue weighted by molar-refractivity contribution is 0.373. The van der Waals surface area contributed by atoms with Crippen LogP contribution in [0.2, 0.25) is 0 Å². The van der Waals surface area contributed by atoms with E-state index in [0.29, 0.717) is 5.41 Å². The first-order valence-electron chi connectivity index (χ1n) is 4.62. The van der Waals surface area contributed by atoms with Gasteiger partial charge in [0.1, 0.15) is 0 Å². The molecule has 0 heterocycles. The summed E-state index contributed by atoms with van der Waals surface area (Å²) in [4.78, 5) is 0. The van der Waals surface area contributed by atoms with E-state index in [1.807, 2.05) is 7.05 Å². The van der Waals surface area contributed by atoms with Crippen LogP contribution in [-0.4, -0.2) is 13.6 Å². The smallest absolute Gasteiger partial charge is 0.00469 e. The molecule has 0 aromatic rings. The minimum Gasteiger partial charge on any atom is -0.320 e. The largest absolute Gasteiger partial charge is 0.320 e. The van der Waals surface area contributed by atoms with E-state index in [9.17, 15) is 0 Å². The Labute approximate surface area is 72.6 Å². The minimum absolute atomic E-state index is 0.489. The summed E-state index contributed by atoms with van der Waals surface area (Å²) in [5.41, 5.74) is 0.489. The van der Waals surface area contributed by atoms with Gasteiger partial charge in [-0.15, -0.1) is 0 Å². The van der Waals surface area contributed by atoms with Crippen LogP contribution >= 0.6 is 0 Å². The lowest BCUT2D eigenvalue weighted by Gasteiger charge is -2.16. The molecule has 0 amide bonds. The number of rotatable bonds is 2. The van der Waals surface area contributed by atoms with Crippen molar-refractivity contribution in [2.75, 3.05) is 13.6 Å². The second-order valence-electron chi connectivity index (χ2n) is 4.12. The molecule has 0 radical (unpaired) electrons. The summed E-state index contributed by atoms with van der Waals surface area (Å²) in [6.45, 7) is 12.1. The fourth-order valence-corrected chi connectivity index (χ4v) is 0.500. The van der Waals surface area contributed by atoms with E-state index < -0.39 is 0 Å². The molecular weight excluding hydrogens is 134 g/mol. The molecule has 70 valence electrons. The molecule has 0 saturated heterocycles. The van der Waals surface area contributed by atoms with Crippen molar-refractivity contribution in [1.29, 1.82) is 0 Å². The second-order valence-corrected chi connectivity index (χ2v) is 4.12. The summed E-state index contributed by atoms with van der Waals surface area (Å²) in [6, 6.07) is 0. The molecule has 0 rings (SSSR count). The highest BCUT2D eigenvalue weighted by atomic mass is 14.8. The Balaban J connectivity index is 0. The summed E-state index contributed by atoms with van der Waals surface area (Å²) in [7, 11) is 1.99. The third kappa shape index (κ3) is 25.7. The van der Waals surface area contributed by atoms with Gasteiger partial charge in [0.05, 0.1) is 0 Å². The molecule has 0 fully saturated rings. The average Bonchev–Trinajstić information content (AvgIpc) is 1.84. The summed E-state index contributed by atoms with van der Waals surface area (Å²) in [5, 5.41) is 3.12. The minimum atomic E-state index is 0.489. The maximum absolute atomic E-state index is 3.12. The maximum atomic E-state index is 3.12. The van der Waals surface area contributed by atoms with Gasteiger partial charge in [0.15, 0.2) is 0 Å². The Kier molecular flexibility index (Phi) is 9.92. The van der Waals surface area contributed by atoms with Crippen LogP contribution in [-0.2, 0) is 0 Å². The molecule has 0 bridgehead atoms. The third-order valence-electron chi connectivity index (χ3n) is 1.12. The van der Waals surface area contributed by atoms with Crippen LogP contribution in [0.15, 0.2) is 0 Å². The highest BCUT2D eigenvalue weighted by molar-refractivity contribution is 4.61. The molecule has 0 atom stereocenters. The van der Waals surface area contributed by atoms with Crippen LogP contribution in [0.25, 0.3) is 0 Å². The summed E-state index contributed by atoms with van der Waals surface area (Å²) < 4.78 is 0. The van der Waals surface area contributed by atoms with Gasteiger partial charge in [-0.1, -0.05) is 41.0 Å². The van der Waals surface area contributed by atoms with Gasteiger partial charge in [-0.25, -0.2) is 0 Å². The van der Waals surface area contributed by atoms with Crippen molar-refractivity contribution in [3.8, 4) is 0 Å². The van der Waals surface area contributed by atoms with Crippen molar-refractivity contribution in [2.24, 2.45) is 5.41 Å². The quantitative estimate of drug-likeness (QED) is 0.653. The van der Waals surface area contributed by atoms with E-state index >= 15 is 0 Å². The average molecular weight is 159 g/mol. The Morgan fingerprint density at radius 2 is 1.45 bits per heavy atom. The monoisotopic (exact) mass is 159 g/mol. The molecule has 0 aliphatic heterocycles. The van der Waals surface area contributed by atoms with E-state index in [-0.39, 0.29) is 0 Å². The first-order chi connectivity index (χ1) is 4.97. The molecule has 1 N–H and O–H groups in total. The van der Waals surface area contributed by atoms with Crippen LogP contribution in [0.1, 0.15) is 47.5 Å². The summed E-state index contributed by atoms with van der Waals surface area (Å²) >= 11 is 0. The predicted octanol–water partition coefficient (Wildman–Crippen LogP) is 3.06. The molecule has 0 aliphatic rings. The second kappa shape index (κ2) is 8.06. The van der Waals surface area contributed by atoms with Crippen molar-refractivity contribution in [2.45, 2.75) is 47.5 Å². The van der Waals surface area contributed by atoms with Gasteiger partial charge in [-0.2, -0.15) is 0 Å². The fraction of sp³-hybridized carbons (Fsp3) is 1.00. The molecule has 1 heteroatoms. The highest BCUT2D eigenvalue weighted by Gasteiger charge is 2.07. The van der Waals surface area contributed by atoms with Gasteiger partial charge in [0.25, 0.3) is 0 Å². The highest BCUT2D eigenvalue weighted by Crippen LogP contribution is 2.16. The van der Waals surface area contributed by atoms with E-state index in [4.69, 9.17) is 0 Å². The molecular formula is C10H25N. The fourth-order valence-electron chi connectivity index (χ4n) is 0.500. The van der Waals surface area contributed by atoms with E-state index in [1.54, 1.807) is 0 Å². The van der Waals surface area contributed by atoms with E-state index in [0.717, 1.165) is 6.54 Å². The Hall–Kier alpha value is -0.0400. The van der Waals surface area contributed by atoms with Crippen molar-refractivity contribution >= 4 is 0 Å². The Bertz CT molecular complexity index is 61.8. The SMILES string of the molecule is CCC.CNCCC(C)(C)C. The van der Waals surface area contributed by atoms with Crippen molar-refractivity contribution in [1.82, 2.24) is 5.32 Å². The molecule has 0 aliphatic carbocycles. The summed E-state index contributed by atoms with van der Waals surface area (Å²) in [6.07, 6.45) is 2.50. The normalized spacial score (nSPS) is 10.4. The zero-order chi connectivity index (χ0) is 9.33. The van der Waals surface area contributed by atoms with Gasteiger partial charge in [-0.3, -0.25) is 0 Å². The zero-order valence-electron chi connectivity index (χ0n) is 9.12. The molecule has 0 aromatic heterocycles. The third-order valence-corrected chi connectivity index (χ3v) is 1.12. The Morgan fingerprint density at radius 1 is 1.09 bits per heavy atom. The van der Waals surface area contributed by atoms with Crippen molar-refractivity contribution < 1.29 is 0 Å². The molecule has 11 heavy (non-hydrogen) atoms. The molecule has 0 unspecified atom stereocenters. The van der Waals surface area contributed by atoms with Gasteiger partial charge in [-0.05, 0) is 25.4 Å². The van der Waals surface area contributed by atoms with Gasteiger partial charge >= 0.3 is 0 Å². The molecule has 0 saturated carbocycles. The van der Waals surface area contributed by atoms with Gasteiger partial charge in [0, 0.05) is 0 Å². The van der Waals surface area contributed by atoms with Crippen molar-refractivity contribution in [3.63, 3.8) is 0 Å². The first kappa shape index (κ1) is 13.5. The van der Waals surface area contributed by atoms with Crippen LogP contribution in [0.4, 0.5) is 0 Å². The number of nitrogens with one attached hydrogen (secondary N) is 1. The molecule has 0 spiro atoms. The topological polar surface area (TPSA) is 12.0 Å². The number of hydrogen-bond donors (Lipinski definition) is 1. The zero-order valence-corrected chi connectivity index (χ0v) is 9.12. The van der Waals surface area contributed by atoms with Crippen LogP contribution in [0, 0.1) is 5.41 Å².